The Morgan fingerprint density at radius 1 is 1.05 bits per heavy atom. The van der Waals surface area contributed by atoms with Gasteiger partial charge in [0.1, 0.15) is 0 Å². The Morgan fingerprint density at radius 3 is 2.00 bits per heavy atom. The van der Waals surface area contributed by atoms with Crippen molar-refractivity contribution in [2.45, 2.75) is 29.7 Å². The molecule has 0 amide bonds. The summed E-state index contributed by atoms with van der Waals surface area (Å²) >= 11 is 2.48. The van der Waals surface area contributed by atoms with Crippen molar-refractivity contribution in [3.05, 3.63) is 35.4 Å². The molecule has 1 rings (SSSR count). The van der Waals surface area contributed by atoms with E-state index in [-0.39, 0.29) is 0 Å². The molecule has 0 bridgehead atoms. The Balaban J connectivity index is 2.63. The molecule has 0 aliphatic rings. The highest BCUT2D eigenvalue weighted by Gasteiger charge is 2.37. The summed E-state index contributed by atoms with van der Waals surface area (Å²) in [5, 5.41) is 0. The van der Waals surface area contributed by atoms with Crippen LogP contribution in [0, 0.1) is 0 Å². The van der Waals surface area contributed by atoms with E-state index in [9.17, 15) is 0 Å². The lowest BCUT2D eigenvalue weighted by molar-refractivity contribution is 0.123. The van der Waals surface area contributed by atoms with E-state index in [1.165, 1.54) is 11.1 Å². The highest BCUT2D eigenvalue weighted by atomic mass is 127. The van der Waals surface area contributed by atoms with Crippen LogP contribution in [0.15, 0.2) is 24.3 Å². The van der Waals surface area contributed by atoms with E-state index in [0.717, 1.165) is 18.9 Å². The first-order valence-corrected chi connectivity index (χ1v) is 9.67. The zero-order valence-corrected chi connectivity index (χ0v) is 15.3. The number of hydrogen-bond donors (Lipinski definition) is 0. The fourth-order valence-electron chi connectivity index (χ4n) is 1.98. The first kappa shape index (κ1) is 17.1. The molecule has 5 heteroatoms. The molecule has 108 valence electrons. The molecule has 0 radical (unpaired) electrons. The van der Waals surface area contributed by atoms with E-state index in [2.05, 4.69) is 53.8 Å². The van der Waals surface area contributed by atoms with Crippen LogP contribution in [0.4, 0.5) is 0 Å². The van der Waals surface area contributed by atoms with Gasteiger partial charge in [0.15, 0.2) is 0 Å². The van der Waals surface area contributed by atoms with Crippen molar-refractivity contribution >= 4 is 31.4 Å². The van der Waals surface area contributed by atoms with Gasteiger partial charge in [0, 0.05) is 31.3 Å². The molecule has 1 aromatic carbocycles. The number of aryl methyl sites for hydroxylation is 1. The average Bonchev–Trinajstić information content (AvgIpc) is 2.49. The highest BCUT2D eigenvalue weighted by Crippen LogP contribution is 2.27. The molecule has 19 heavy (non-hydrogen) atoms. The molecule has 0 saturated carbocycles. The fraction of sp³-hybridized carbons (Fsp3) is 0.571. The molecule has 0 saturated heterocycles. The van der Waals surface area contributed by atoms with Crippen molar-refractivity contribution in [2.75, 3.05) is 21.3 Å². The van der Waals surface area contributed by atoms with Gasteiger partial charge in [-0.2, -0.15) is 0 Å². The van der Waals surface area contributed by atoms with Gasteiger partial charge in [-0.3, -0.25) is 0 Å². The van der Waals surface area contributed by atoms with Gasteiger partial charge in [-0.05, 0) is 24.0 Å². The average molecular weight is 394 g/mol. The van der Waals surface area contributed by atoms with Crippen molar-refractivity contribution in [2.24, 2.45) is 0 Å². The van der Waals surface area contributed by atoms with E-state index >= 15 is 0 Å². The second-order valence-electron chi connectivity index (χ2n) is 4.41. The molecule has 0 N–H and O–H groups in total. The zero-order valence-electron chi connectivity index (χ0n) is 12.1. The Labute approximate surface area is 131 Å². The van der Waals surface area contributed by atoms with Gasteiger partial charge in [-0.25, -0.2) is 0 Å². The van der Waals surface area contributed by atoms with Gasteiger partial charge >= 0.3 is 8.80 Å². The van der Waals surface area contributed by atoms with Gasteiger partial charge in [-0.1, -0.05) is 53.8 Å². The maximum atomic E-state index is 5.43. The second kappa shape index (κ2) is 8.36. The molecule has 0 heterocycles. The van der Waals surface area contributed by atoms with Crippen molar-refractivity contribution in [1.82, 2.24) is 0 Å². The molecule has 1 unspecified atom stereocenters. The lowest BCUT2D eigenvalue weighted by Crippen LogP contribution is -2.43. The number of benzene rings is 1. The predicted octanol–water partition coefficient (Wildman–Crippen LogP) is 3.99. The third-order valence-electron chi connectivity index (χ3n) is 3.35. The summed E-state index contributed by atoms with van der Waals surface area (Å²) in [4.78, 5) is 0. The monoisotopic (exact) mass is 394 g/mol. The van der Waals surface area contributed by atoms with Gasteiger partial charge in [0.25, 0.3) is 0 Å². The molecule has 0 spiro atoms. The fourth-order valence-corrected chi connectivity index (χ4v) is 4.10. The third kappa shape index (κ3) is 4.82. The van der Waals surface area contributed by atoms with E-state index in [4.69, 9.17) is 13.3 Å². The van der Waals surface area contributed by atoms with Crippen LogP contribution in [0.2, 0.25) is 6.04 Å². The van der Waals surface area contributed by atoms with Crippen molar-refractivity contribution in [1.29, 1.82) is 0 Å². The van der Waals surface area contributed by atoms with E-state index < -0.39 is 8.80 Å². The molecule has 1 atom stereocenters. The Bertz CT molecular complexity index is 357. The van der Waals surface area contributed by atoms with Gasteiger partial charge < -0.3 is 13.3 Å². The summed E-state index contributed by atoms with van der Waals surface area (Å²) < 4.78 is 16.9. The highest BCUT2D eigenvalue weighted by molar-refractivity contribution is 14.1. The van der Waals surface area contributed by atoms with Crippen LogP contribution in [0.1, 0.15) is 28.4 Å². The van der Waals surface area contributed by atoms with Gasteiger partial charge in [0.05, 0.1) is 0 Å². The lowest BCUT2D eigenvalue weighted by Gasteiger charge is -2.24. The minimum atomic E-state index is -2.44. The van der Waals surface area contributed by atoms with Crippen LogP contribution in [0.5, 0.6) is 0 Å². The molecule has 0 aliphatic carbocycles. The van der Waals surface area contributed by atoms with Crippen LogP contribution in [-0.4, -0.2) is 30.1 Å². The summed E-state index contributed by atoms with van der Waals surface area (Å²) in [6, 6.07) is 9.61. The topological polar surface area (TPSA) is 27.7 Å². The Hall–Kier alpha value is 0.0469. The SMILES string of the molecule is CCC(I)c1ccc(CC[Si](OC)(OC)OC)cc1. The quantitative estimate of drug-likeness (QED) is 0.379. The summed E-state index contributed by atoms with van der Waals surface area (Å²) in [7, 11) is 2.53. The summed E-state index contributed by atoms with van der Waals surface area (Å²) in [6.45, 7) is 2.21. The molecular weight excluding hydrogens is 371 g/mol. The van der Waals surface area contributed by atoms with E-state index in [0.29, 0.717) is 3.92 Å². The number of hydrogen-bond acceptors (Lipinski definition) is 3. The minimum absolute atomic E-state index is 0.594. The van der Waals surface area contributed by atoms with Crippen LogP contribution < -0.4 is 0 Å². The van der Waals surface area contributed by atoms with E-state index in [1.54, 1.807) is 21.3 Å². The Kier molecular flexibility index (Phi) is 7.52. The molecular formula is C14H23IO3Si. The third-order valence-corrected chi connectivity index (χ3v) is 7.68. The maximum absolute atomic E-state index is 5.43. The molecule has 0 aromatic heterocycles. The van der Waals surface area contributed by atoms with Crippen LogP contribution >= 0.6 is 22.6 Å². The standard InChI is InChI=1S/C14H23IO3Si/c1-5-14(15)13-8-6-12(7-9-13)10-11-19(16-2,17-3)18-4/h6-9,14H,5,10-11H2,1-4H3. The number of rotatable bonds is 8. The lowest BCUT2D eigenvalue weighted by atomic mass is 10.1. The van der Waals surface area contributed by atoms with Crippen LogP contribution in [-0.2, 0) is 19.7 Å². The minimum Gasteiger partial charge on any atom is -0.377 e. The molecule has 0 fully saturated rings. The summed E-state index contributed by atoms with van der Waals surface area (Å²) in [5.74, 6) is 0. The van der Waals surface area contributed by atoms with Gasteiger partial charge in [0.2, 0.25) is 0 Å². The summed E-state index contributed by atoms with van der Waals surface area (Å²) in [6.07, 6.45) is 2.08. The predicted molar refractivity (Wildman–Crippen MR) is 88.8 cm³/mol. The van der Waals surface area contributed by atoms with Crippen molar-refractivity contribution < 1.29 is 13.3 Å². The van der Waals surface area contributed by atoms with Gasteiger partial charge in [-0.15, -0.1) is 0 Å². The number of halogens is 1. The second-order valence-corrected chi connectivity index (χ2v) is 9.01. The smallest absolute Gasteiger partial charge is 0.377 e. The molecule has 3 nitrogen and oxygen atoms in total. The zero-order chi connectivity index (χ0) is 14.3. The van der Waals surface area contributed by atoms with Crippen LogP contribution in [0.3, 0.4) is 0 Å². The van der Waals surface area contributed by atoms with Crippen molar-refractivity contribution in [3.8, 4) is 0 Å². The van der Waals surface area contributed by atoms with Crippen molar-refractivity contribution in [3.63, 3.8) is 0 Å². The summed E-state index contributed by atoms with van der Waals surface area (Å²) in [5.41, 5.74) is 2.69. The first-order chi connectivity index (χ1) is 9.10. The van der Waals surface area contributed by atoms with Crippen LogP contribution in [0.25, 0.3) is 0 Å². The van der Waals surface area contributed by atoms with E-state index in [1.807, 2.05) is 0 Å². The largest absolute Gasteiger partial charge is 0.500 e. The molecule has 1 aromatic rings. The maximum Gasteiger partial charge on any atom is 0.500 e. The first-order valence-electron chi connectivity index (χ1n) is 6.49. The normalized spacial score (nSPS) is 13.5. The number of alkyl halides is 1. The Morgan fingerprint density at radius 2 is 1.58 bits per heavy atom. The molecule has 0 aliphatic heterocycles.